The number of amides is 1. The predicted octanol–water partition coefficient (Wildman–Crippen LogP) is 1.47. The first kappa shape index (κ1) is 17.0. The van der Waals surface area contributed by atoms with Gasteiger partial charge in [-0.1, -0.05) is 18.2 Å². The Bertz CT molecular complexity index is 693. The molecule has 0 aliphatic carbocycles. The minimum absolute atomic E-state index is 0.0617. The van der Waals surface area contributed by atoms with Gasteiger partial charge < -0.3 is 19.7 Å². The molecular formula is C18H20N2O5. The van der Waals surface area contributed by atoms with E-state index in [0.717, 1.165) is 19.3 Å². The summed E-state index contributed by atoms with van der Waals surface area (Å²) in [6.45, 7) is 0.776. The molecule has 0 radical (unpaired) electrons. The lowest BCUT2D eigenvalue weighted by molar-refractivity contribution is -0.150. The smallest absolute Gasteiger partial charge is 0.347 e. The summed E-state index contributed by atoms with van der Waals surface area (Å²) in [5.74, 6) is -1.48. The van der Waals surface area contributed by atoms with Gasteiger partial charge in [0.05, 0.1) is 0 Å². The van der Waals surface area contributed by atoms with Crippen LogP contribution in [0.3, 0.4) is 0 Å². The number of rotatable bonds is 5. The van der Waals surface area contributed by atoms with Crippen molar-refractivity contribution in [3.63, 3.8) is 0 Å². The van der Waals surface area contributed by atoms with Crippen molar-refractivity contribution >= 4 is 23.3 Å². The van der Waals surface area contributed by atoms with Gasteiger partial charge in [-0.2, -0.15) is 0 Å². The molecule has 3 rings (SSSR count). The van der Waals surface area contributed by atoms with Crippen molar-refractivity contribution in [3.8, 4) is 0 Å². The molecule has 2 heterocycles. The topological polar surface area (TPSA) is 84.9 Å². The molecule has 132 valence electrons. The van der Waals surface area contributed by atoms with Gasteiger partial charge >= 0.3 is 5.97 Å². The van der Waals surface area contributed by atoms with Crippen LogP contribution in [0.2, 0.25) is 0 Å². The number of benzene rings is 1. The lowest BCUT2D eigenvalue weighted by Crippen LogP contribution is -2.38. The third-order valence-corrected chi connectivity index (χ3v) is 4.12. The highest BCUT2D eigenvalue weighted by molar-refractivity contribution is 6.20. The van der Waals surface area contributed by atoms with E-state index in [1.54, 1.807) is 17.0 Å². The van der Waals surface area contributed by atoms with Crippen molar-refractivity contribution in [2.75, 3.05) is 31.6 Å². The van der Waals surface area contributed by atoms with Crippen LogP contribution in [0.15, 0.2) is 41.8 Å². The number of hydrogen-bond acceptors (Lipinski definition) is 6. The number of esters is 1. The summed E-state index contributed by atoms with van der Waals surface area (Å²) < 4.78 is 10.3. The minimum atomic E-state index is -0.841. The molecule has 2 aliphatic rings. The van der Waals surface area contributed by atoms with Crippen LogP contribution in [0.5, 0.6) is 0 Å². The number of likely N-dealkylation sites (tertiary alicyclic amines) is 1. The Kier molecular flexibility index (Phi) is 5.33. The predicted molar refractivity (Wildman–Crippen MR) is 89.4 cm³/mol. The summed E-state index contributed by atoms with van der Waals surface area (Å²) in [6.07, 6.45) is 3.03. The molecule has 1 fully saturated rings. The molecule has 0 unspecified atom stereocenters. The van der Waals surface area contributed by atoms with Crippen LogP contribution >= 0.6 is 0 Å². The second kappa shape index (κ2) is 7.83. The number of nitrogens with zero attached hydrogens (tertiary/aromatic N) is 1. The molecule has 0 aromatic heterocycles. The number of nitrogens with one attached hydrogen (secondary N) is 1. The lowest BCUT2D eigenvalue weighted by Gasteiger charge is -2.26. The largest absolute Gasteiger partial charge is 0.470 e. The van der Waals surface area contributed by atoms with Crippen LogP contribution in [0.1, 0.15) is 19.3 Å². The van der Waals surface area contributed by atoms with Crippen molar-refractivity contribution in [2.24, 2.45) is 0 Å². The Morgan fingerprint density at radius 2 is 1.84 bits per heavy atom. The maximum absolute atomic E-state index is 12.3. The van der Waals surface area contributed by atoms with E-state index < -0.39 is 11.8 Å². The zero-order valence-corrected chi connectivity index (χ0v) is 13.8. The fourth-order valence-electron chi connectivity index (χ4n) is 2.80. The van der Waals surface area contributed by atoms with Gasteiger partial charge in [0.2, 0.25) is 11.7 Å². The second-order valence-corrected chi connectivity index (χ2v) is 5.92. The van der Waals surface area contributed by atoms with Gasteiger partial charge in [0.1, 0.15) is 0 Å². The standard InChI is InChI=1S/C18H20N2O5/c21-14-11-24-17(19-13-7-3-1-4-8-13)16(14)18(23)25-12-15(22)20-9-5-2-6-10-20/h1,3-4,7-8,19H,2,5-6,9-12H2. The maximum Gasteiger partial charge on any atom is 0.347 e. The summed E-state index contributed by atoms with van der Waals surface area (Å²) >= 11 is 0. The number of piperidine rings is 1. The molecule has 25 heavy (non-hydrogen) atoms. The van der Waals surface area contributed by atoms with Gasteiger partial charge in [0, 0.05) is 18.8 Å². The highest BCUT2D eigenvalue weighted by atomic mass is 16.5. The average molecular weight is 344 g/mol. The number of anilines is 1. The molecule has 7 heteroatoms. The van der Waals surface area contributed by atoms with Gasteiger partial charge in [-0.15, -0.1) is 0 Å². The molecule has 1 saturated heterocycles. The van der Waals surface area contributed by atoms with E-state index in [-0.39, 0.29) is 30.6 Å². The fourth-order valence-corrected chi connectivity index (χ4v) is 2.80. The molecule has 1 amide bonds. The van der Waals surface area contributed by atoms with Gasteiger partial charge in [0.15, 0.2) is 18.8 Å². The number of para-hydroxylation sites is 1. The van der Waals surface area contributed by atoms with Crippen molar-refractivity contribution in [3.05, 3.63) is 41.8 Å². The fraction of sp³-hybridized carbons (Fsp3) is 0.389. The highest BCUT2D eigenvalue weighted by Crippen LogP contribution is 2.20. The van der Waals surface area contributed by atoms with Crippen LogP contribution in [0.25, 0.3) is 0 Å². The van der Waals surface area contributed by atoms with Crippen molar-refractivity contribution in [1.82, 2.24) is 4.90 Å². The number of carbonyl (C=O) groups is 3. The number of ether oxygens (including phenoxy) is 2. The molecular weight excluding hydrogens is 324 g/mol. The Morgan fingerprint density at radius 3 is 2.56 bits per heavy atom. The molecule has 0 spiro atoms. The first-order valence-corrected chi connectivity index (χ1v) is 8.32. The zero-order chi connectivity index (χ0) is 17.6. The van der Waals surface area contributed by atoms with Gasteiger partial charge in [0.25, 0.3) is 5.91 Å². The molecule has 1 aromatic carbocycles. The first-order valence-electron chi connectivity index (χ1n) is 8.32. The molecule has 0 atom stereocenters. The molecule has 7 nitrogen and oxygen atoms in total. The van der Waals surface area contributed by atoms with E-state index >= 15 is 0 Å². The van der Waals surface area contributed by atoms with E-state index in [1.165, 1.54) is 0 Å². The summed E-state index contributed by atoms with van der Waals surface area (Å²) in [6, 6.07) is 9.04. The number of Topliss-reactive ketones (excluding diaryl/α,β-unsaturated/α-hetero) is 1. The van der Waals surface area contributed by atoms with Crippen molar-refractivity contribution in [2.45, 2.75) is 19.3 Å². The van der Waals surface area contributed by atoms with Crippen LogP contribution in [0.4, 0.5) is 5.69 Å². The molecule has 0 bridgehead atoms. The summed E-state index contributed by atoms with van der Waals surface area (Å²) in [4.78, 5) is 37.9. The Balaban J connectivity index is 1.63. The summed E-state index contributed by atoms with van der Waals surface area (Å²) in [5.41, 5.74) is 0.497. The van der Waals surface area contributed by atoms with Crippen LogP contribution in [0, 0.1) is 0 Å². The molecule has 0 saturated carbocycles. The average Bonchev–Trinajstić information content (AvgIpc) is 3.01. The number of hydrogen-bond donors (Lipinski definition) is 1. The summed E-state index contributed by atoms with van der Waals surface area (Å²) in [5, 5.41) is 2.89. The second-order valence-electron chi connectivity index (χ2n) is 5.92. The zero-order valence-electron chi connectivity index (χ0n) is 13.8. The van der Waals surface area contributed by atoms with E-state index in [1.807, 2.05) is 18.2 Å². The van der Waals surface area contributed by atoms with Crippen LogP contribution in [-0.2, 0) is 23.9 Å². The first-order chi connectivity index (χ1) is 12.1. The number of carbonyl (C=O) groups excluding carboxylic acids is 3. The Morgan fingerprint density at radius 1 is 1.12 bits per heavy atom. The molecule has 1 aromatic rings. The lowest BCUT2D eigenvalue weighted by atomic mass is 10.1. The summed E-state index contributed by atoms with van der Waals surface area (Å²) in [7, 11) is 0. The monoisotopic (exact) mass is 344 g/mol. The Hall–Kier alpha value is -2.83. The third kappa shape index (κ3) is 4.17. The van der Waals surface area contributed by atoms with E-state index in [4.69, 9.17) is 9.47 Å². The van der Waals surface area contributed by atoms with Gasteiger partial charge in [-0.3, -0.25) is 9.59 Å². The van der Waals surface area contributed by atoms with Crippen LogP contribution < -0.4 is 5.32 Å². The van der Waals surface area contributed by atoms with Gasteiger partial charge in [-0.25, -0.2) is 4.79 Å². The third-order valence-electron chi connectivity index (χ3n) is 4.12. The van der Waals surface area contributed by atoms with Crippen LogP contribution in [-0.4, -0.2) is 48.9 Å². The van der Waals surface area contributed by atoms with Gasteiger partial charge in [-0.05, 0) is 31.4 Å². The molecule has 1 N–H and O–H groups in total. The minimum Gasteiger partial charge on any atom is -0.470 e. The normalized spacial score (nSPS) is 17.3. The van der Waals surface area contributed by atoms with Crippen molar-refractivity contribution < 1.29 is 23.9 Å². The number of ketones is 1. The van der Waals surface area contributed by atoms with Crippen molar-refractivity contribution in [1.29, 1.82) is 0 Å². The van der Waals surface area contributed by atoms with E-state index in [2.05, 4.69) is 5.32 Å². The van der Waals surface area contributed by atoms with E-state index in [0.29, 0.717) is 18.8 Å². The molecule has 2 aliphatic heterocycles. The van der Waals surface area contributed by atoms with E-state index in [9.17, 15) is 14.4 Å². The SMILES string of the molecule is O=C1COC(Nc2ccccc2)=C1C(=O)OCC(=O)N1CCCCC1. The highest BCUT2D eigenvalue weighted by Gasteiger charge is 2.33. The Labute approximate surface area is 145 Å². The quantitative estimate of drug-likeness (QED) is 0.643. The maximum atomic E-state index is 12.3.